The highest BCUT2D eigenvalue weighted by molar-refractivity contribution is 5.97. The van der Waals surface area contributed by atoms with Gasteiger partial charge in [-0.05, 0) is 165 Å². The number of para-hydroxylation sites is 1. The van der Waals surface area contributed by atoms with Gasteiger partial charge in [0.15, 0.2) is 0 Å². The third-order valence-electron chi connectivity index (χ3n) is 13.0. The van der Waals surface area contributed by atoms with E-state index in [1.807, 2.05) is 0 Å². The van der Waals surface area contributed by atoms with E-state index in [1.165, 1.54) is 72.5 Å². The Kier molecular flexibility index (Phi) is 12.6. The fourth-order valence-electron chi connectivity index (χ4n) is 9.61. The largest absolute Gasteiger partial charge is 0.310 e. The minimum absolute atomic E-state index is 0.865. The number of allylic oxidation sites excluding steroid dienone is 7. The molecule has 11 rings (SSSR count). The predicted molar refractivity (Wildman–Crippen MR) is 293 cm³/mol. The molecule has 0 N–H and O–H groups in total. The molecule has 1 aliphatic carbocycles. The number of hydrogen-bond acceptors (Lipinski definition) is 2. The van der Waals surface area contributed by atoms with Crippen molar-refractivity contribution < 1.29 is 0 Å². The molecule has 326 valence electrons. The second-order valence-electron chi connectivity index (χ2n) is 17.2. The van der Waals surface area contributed by atoms with E-state index >= 15 is 0 Å². The number of anilines is 5. The van der Waals surface area contributed by atoms with Crippen LogP contribution in [-0.2, 0) is 6.42 Å². The standard InChI is InChI=1S/C64H50N2.C2H2/c1-2-59(28-17-20-46-18-7-3-8-19-46)65-62-37-34-51(47-21-9-4-10-22-47)40-55(62)32-33-56-42-52(35-38-63(56)65)53-36-39-64-54(41-53)31-30-50-27-15-16-29-61(50)66(64)60-44-57(48-23-11-5-12-24-48)43-58(45-60)49-25-13-6-14-26-49;1-2/h2-3,5-9,11-19,21-45H,4,10,20H2,1H3;1-2H/b28-17-,59-2+;. The van der Waals surface area contributed by atoms with E-state index in [1.54, 1.807) is 0 Å². The van der Waals surface area contributed by atoms with Crippen molar-refractivity contribution in [3.63, 3.8) is 0 Å². The number of rotatable bonds is 9. The molecule has 0 radical (unpaired) electrons. The lowest BCUT2D eigenvalue weighted by atomic mass is 9.96. The molecular formula is C66H52N2. The van der Waals surface area contributed by atoms with Gasteiger partial charge in [0.25, 0.3) is 0 Å². The van der Waals surface area contributed by atoms with Gasteiger partial charge in [0.1, 0.15) is 0 Å². The van der Waals surface area contributed by atoms with Gasteiger partial charge in [-0.25, -0.2) is 0 Å². The number of terminal acetylenes is 1. The maximum Gasteiger partial charge on any atom is 0.0534 e. The molecule has 0 bridgehead atoms. The summed E-state index contributed by atoms with van der Waals surface area (Å²) in [7, 11) is 0. The Balaban J connectivity index is 0.00000266. The van der Waals surface area contributed by atoms with Gasteiger partial charge in [0.2, 0.25) is 0 Å². The lowest BCUT2D eigenvalue weighted by molar-refractivity contribution is 1.04. The quantitative estimate of drug-likeness (QED) is 0.105. The molecule has 2 heteroatoms. The van der Waals surface area contributed by atoms with E-state index in [4.69, 9.17) is 0 Å². The summed E-state index contributed by atoms with van der Waals surface area (Å²) in [6.07, 6.45) is 33.9. The maximum absolute atomic E-state index is 4.00. The molecule has 0 unspecified atom stereocenters. The summed E-state index contributed by atoms with van der Waals surface area (Å²) in [6.45, 7) is 2.14. The monoisotopic (exact) mass is 872 g/mol. The van der Waals surface area contributed by atoms with E-state index in [9.17, 15) is 0 Å². The Hall–Kier alpha value is -8.64. The van der Waals surface area contributed by atoms with E-state index < -0.39 is 0 Å². The zero-order valence-electron chi connectivity index (χ0n) is 38.3. The number of hydrogen-bond donors (Lipinski definition) is 0. The van der Waals surface area contributed by atoms with E-state index in [0.717, 1.165) is 53.3 Å². The zero-order valence-corrected chi connectivity index (χ0v) is 38.3. The summed E-state index contributed by atoms with van der Waals surface area (Å²) in [5.74, 6) is 0. The molecule has 3 aliphatic rings. The Morgan fingerprint density at radius 3 is 1.57 bits per heavy atom. The van der Waals surface area contributed by atoms with Gasteiger partial charge in [0, 0.05) is 11.4 Å². The topological polar surface area (TPSA) is 6.48 Å². The molecule has 2 heterocycles. The second kappa shape index (κ2) is 19.8. The molecule has 0 saturated heterocycles. The highest BCUT2D eigenvalue weighted by atomic mass is 15.2. The third-order valence-corrected chi connectivity index (χ3v) is 13.0. The first-order valence-electron chi connectivity index (χ1n) is 23.5. The minimum Gasteiger partial charge on any atom is -0.310 e. The van der Waals surface area contributed by atoms with Crippen LogP contribution in [-0.4, -0.2) is 0 Å². The van der Waals surface area contributed by atoms with Crippen molar-refractivity contribution >= 4 is 58.3 Å². The van der Waals surface area contributed by atoms with Gasteiger partial charge in [-0.2, -0.15) is 0 Å². The first-order valence-corrected chi connectivity index (χ1v) is 23.5. The zero-order chi connectivity index (χ0) is 46.2. The van der Waals surface area contributed by atoms with Gasteiger partial charge >= 0.3 is 0 Å². The highest BCUT2D eigenvalue weighted by Gasteiger charge is 2.24. The molecule has 0 fully saturated rings. The first kappa shape index (κ1) is 43.3. The Morgan fingerprint density at radius 2 is 0.971 bits per heavy atom. The summed E-state index contributed by atoms with van der Waals surface area (Å²) >= 11 is 0. The molecule has 0 aromatic heterocycles. The minimum atomic E-state index is 0.865. The van der Waals surface area contributed by atoms with Crippen LogP contribution >= 0.6 is 0 Å². The molecule has 68 heavy (non-hydrogen) atoms. The molecule has 2 aliphatic heterocycles. The van der Waals surface area contributed by atoms with Crippen LogP contribution in [0.4, 0.5) is 28.4 Å². The van der Waals surface area contributed by atoms with Crippen molar-refractivity contribution in [2.24, 2.45) is 0 Å². The van der Waals surface area contributed by atoms with Crippen molar-refractivity contribution in [3.8, 4) is 46.2 Å². The van der Waals surface area contributed by atoms with Crippen LogP contribution in [0.15, 0.2) is 230 Å². The fourth-order valence-corrected chi connectivity index (χ4v) is 9.61. The van der Waals surface area contributed by atoms with Crippen molar-refractivity contribution in [2.75, 3.05) is 9.80 Å². The molecule has 8 aromatic carbocycles. The van der Waals surface area contributed by atoms with Crippen LogP contribution in [0.5, 0.6) is 0 Å². The molecule has 0 saturated carbocycles. The normalized spacial score (nSPS) is 13.6. The number of fused-ring (bicyclic) bond motifs is 4. The molecular weight excluding hydrogens is 821 g/mol. The summed E-state index contributed by atoms with van der Waals surface area (Å²) < 4.78 is 0. The van der Waals surface area contributed by atoms with Crippen LogP contribution in [0, 0.1) is 12.8 Å². The lowest BCUT2D eigenvalue weighted by Crippen LogP contribution is -2.17. The summed E-state index contributed by atoms with van der Waals surface area (Å²) in [5, 5.41) is 0. The van der Waals surface area contributed by atoms with E-state index in [0.29, 0.717) is 0 Å². The highest BCUT2D eigenvalue weighted by Crippen LogP contribution is 2.47. The van der Waals surface area contributed by atoms with Crippen LogP contribution in [0.1, 0.15) is 53.1 Å². The van der Waals surface area contributed by atoms with Crippen LogP contribution in [0.25, 0.3) is 63.3 Å². The summed E-state index contributed by atoms with van der Waals surface area (Å²) in [5.41, 5.74) is 22.5. The van der Waals surface area contributed by atoms with Crippen molar-refractivity contribution in [1.82, 2.24) is 0 Å². The second-order valence-corrected chi connectivity index (χ2v) is 17.2. The summed E-state index contributed by atoms with van der Waals surface area (Å²) in [4.78, 5) is 4.88. The van der Waals surface area contributed by atoms with Crippen molar-refractivity contribution in [3.05, 3.63) is 264 Å². The Bertz CT molecular complexity index is 3270. The molecule has 2 nitrogen and oxygen atoms in total. The Labute approximate surface area is 402 Å². The van der Waals surface area contributed by atoms with Crippen LogP contribution in [0.3, 0.4) is 0 Å². The maximum atomic E-state index is 4.00. The van der Waals surface area contributed by atoms with Crippen molar-refractivity contribution in [2.45, 2.75) is 26.2 Å². The van der Waals surface area contributed by atoms with Gasteiger partial charge in [0.05, 0.1) is 22.7 Å². The molecule has 0 amide bonds. The third kappa shape index (κ3) is 8.87. The van der Waals surface area contributed by atoms with Crippen LogP contribution < -0.4 is 9.80 Å². The van der Waals surface area contributed by atoms with Gasteiger partial charge in [-0.15, -0.1) is 12.8 Å². The van der Waals surface area contributed by atoms with Gasteiger partial charge in [-0.1, -0.05) is 182 Å². The molecule has 8 aromatic rings. The van der Waals surface area contributed by atoms with Crippen molar-refractivity contribution in [1.29, 1.82) is 0 Å². The SMILES string of the molecule is C#C.C/C=C(\C=C/Cc1ccccc1)N1c2ccc(C3=CCCC=C3)cc2C=Cc2cc(-c3ccc4c(c3)C=Cc3ccccc3N4c3cc(-c4ccccc4)cc(-c4ccccc4)c3)ccc21. The van der Waals surface area contributed by atoms with E-state index in [-0.39, 0.29) is 0 Å². The van der Waals surface area contributed by atoms with Gasteiger partial charge in [-0.3, -0.25) is 0 Å². The smallest absolute Gasteiger partial charge is 0.0534 e. The van der Waals surface area contributed by atoms with Crippen LogP contribution in [0.2, 0.25) is 0 Å². The summed E-state index contributed by atoms with van der Waals surface area (Å²) in [6, 6.07) is 68.7. The van der Waals surface area contributed by atoms with Gasteiger partial charge < -0.3 is 9.80 Å². The number of benzene rings is 8. The fraction of sp³-hybridized carbons (Fsp3) is 0.0606. The first-order chi connectivity index (χ1) is 33.7. The average molecular weight is 873 g/mol. The predicted octanol–water partition coefficient (Wildman–Crippen LogP) is 17.9. The average Bonchev–Trinajstić information content (AvgIpc) is 3.69. The Morgan fingerprint density at radius 1 is 0.456 bits per heavy atom. The molecule has 0 spiro atoms. The molecule has 0 atom stereocenters. The lowest BCUT2D eigenvalue weighted by Gasteiger charge is -2.29. The van der Waals surface area contributed by atoms with E-state index in [2.05, 4.69) is 278 Å². The number of nitrogens with zero attached hydrogens (tertiary/aromatic N) is 2.